The van der Waals surface area contributed by atoms with Crippen molar-refractivity contribution in [2.45, 2.75) is 38.6 Å². The minimum absolute atomic E-state index is 0.742. The van der Waals surface area contributed by atoms with Gasteiger partial charge in [0.25, 0.3) is 0 Å². The molecular formula is C15H23NO. The van der Waals surface area contributed by atoms with Crippen molar-refractivity contribution < 1.29 is 4.74 Å². The third kappa shape index (κ3) is 4.04. The highest BCUT2D eigenvalue weighted by Crippen LogP contribution is 2.24. The van der Waals surface area contributed by atoms with Crippen molar-refractivity contribution in [1.29, 1.82) is 0 Å². The Balaban J connectivity index is 1.55. The number of nitrogens with one attached hydrogen (secondary N) is 1. The molecule has 1 N–H and O–H groups in total. The Morgan fingerprint density at radius 1 is 1.24 bits per heavy atom. The topological polar surface area (TPSA) is 21.3 Å². The zero-order valence-corrected chi connectivity index (χ0v) is 10.7. The Bertz CT molecular complexity index is 312. The van der Waals surface area contributed by atoms with Crippen molar-refractivity contribution in [3.8, 4) is 5.75 Å². The lowest BCUT2D eigenvalue weighted by atomic mass is 10.1. The van der Waals surface area contributed by atoms with Crippen molar-refractivity contribution >= 4 is 0 Å². The molecule has 0 radical (unpaired) electrons. The minimum Gasteiger partial charge on any atom is -0.494 e. The zero-order valence-electron chi connectivity index (χ0n) is 10.7. The van der Waals surface area contributed by atoms with E-state index in [2.05, 4.69) is 12.2 Å². The molecule has 0 saturated heterocycles. The summed E-state index contributed by atoms with van der Waals surface area (Å²) in [5.74, 6) is 1.83. The van der Waals surface area contributed by atoms with Crippen LogP contribution in [0.15, 0.2) is 30.3 Å². The molecule has 0 heterocycles. The molecule has 2 nitrogen and oxygen atoms in total. The molecule has 1 aliphatic carbocycles. The molecule has 1 aliphatic rings. The first-order valence-corrected chi connectivity index (χ1v) is 6.77. The first-order chi connectivity index (χ1) is 8.36. The minimum atomic E-state index is 0.742. The monoisotopic (exact) mass is 233 g/mol. The van der Waals surface area contributed by atoms with Gasteiger partial charge in [0.05, 0.1) is 6.61 Å². The molecule has 2 unspecified atom stereocenters. The van der Waals surface area contributed by atoms with Gasteiger partial charge >= 0.3 is 0 Å². The first-order valence-electron chi connectivity index (χ1n) is 6.77. The van der Waals surface area contributed by atoms with E-state index in [4.69, 9.17) is 4.74 Å². The average molecular weight is 233 g/mol. The maximum Gasteiger partial charge on any atom is 0.119 e. The number of hydrogen-bond acceptors (Lipinski definition) is 2. The van der Waals surface area contributed by atoms with Gasteiger partial charge in [0.1, 0.15) is 5.75 Å². The molecule has 2 heteroatoms. The van der Waals surface area contributed by atoms with Crippen LogP contribution in [0.3, 0.4) is 0 Å². The van der Waals surface area contributed by atoms with E-state index < -0.39 is 0 Å². The van der Waals surface area contributed by atoms with Gasteiger partial charge in [0.15, 0.2) is 0 Å². The molecule has 0 aliphatic heterocycles. The number of para-hydroxylation sites is 1. The van der Waals surface area contributed by atoms with Crippen LogP contribution in [0.1, 0.15) is 32.6 Å². The van der Waals surface area contributed by atoms with Crippen LogP contribution in [-0.2, 0) is 0 Å². The first kappa shape index (κ1) is 12.4. The van der Waals surface area contributed by atoms with Crippen molar-refractivity contribution in [3.05, 3.63) is 30.3 Å². The van der Waals surface area contributed by atoms with Gasteiger partial charge in [-0.3, -0.25) is 0 Å². The Morgan fingerprint density at radius 3 is 2.76 bits per heavy atom. The van der Waals surface area contributed by atoms with Gasteiger partial charge < -0.3 is 10.1 Å². The zero-order chi connectivity index (χ0) is 11.9. The molecule has 1 saturated carbocycles. The van der Waals surface area contributed by atoms with E-state index >= 15 is 0 Å². The summed E-state index contributed by atoms with van der Waals surface area (Å²) in [6.45, 7) is 4.23. The summed E-state index contributed by atoms with van der Waals surface area (Å²) in [6, 6.07) is 10.8. The van der Waals surface area contributed by atoms with Gasteiger partial charge in [0.2, 0.25) is 0 Å². The van der Waals surface area contributed by atoms with Crippen LogP contribution in [0.2, 0.25) is 0 Å². The highest BCUT2D eigenvalue weighted by Gasteiger charge is 2.21. The van der Waals surface area contributed by atoms with Gasteiger partial charge in [-0.15, -0.1) is 0 Å². The van der Waals surface area contributed by atoms with Crippen LogP contribution in [0, 0.1) is 5.92 Å². The standard InChI is InChI=1S/C15H23NO/c1-13-7-5-10-15(13)16-11-6-12-17-14-8-3-2-4-9-14/h2-4,8-9,13,15-16H,5-7,10-12H2,1H3. The van der Waals surface area contributed by atoms with Crippen molar-refractivity contribution in [2.24, 2.45) is 5.92 Å². The van der Waals surface area contributed by atoms with Gasteiger partial charge in [-0.05, 0) is 43.9 Å². The summed E-state index contributed by atoms with van der Waals surface area (Å²) in [4.78, 5) is 0. The second-order valence-corrected chi connectivity index (χ2v) is 4.98. The molecule has 0 spiro atoms. The fraction of sp³-hybridized carbons (Fsp3) is 0.600. The van der Waals surface area contributed by atoms with Gasteiger partial charge in [-0.25, -0.2) is 0 Å². The smallest absolute Gasteiger partial charge is 0.119 e. The molecule has 1 aromatic rings. The number of benzene rings is 1. The lowest BCUT2D eigenvalue weighted by Crippen LogP contribution is -2.32. The van der Waals surface area contributed by atoms with E-state index in [0.29, 0.717) is 0 Å². The molecule has 0 amide bonds. The van der Waals surface area contributed by atoms with E-state index in [1.165, 1.54) is 19.3 Å². The van der Waals surface area contributed by atoms with Crippen molar-refractivity contribution in [3.63, 3.8) is 0 Å². The second kappa shape index (κ2) is 6.65. The maximum absolute atomic E-state index is 5.66. The Kier molecular flexibility index (Phi) is 4.87. The van der Waals surface area contributed by atoms with Gasteiger partial charge in [0, 0.05) is 6.04 Å². The van der Waals surface area contributed by atoms with Gasteiger partial charge in [-0.2, -0.15) is 0 Å². The fourth-order valence-electron chi connectivity index (χ4n) is 2.52. The summed E-state index contributed by atoms with van der Waals surface area (Å²) in [5, 5.41) is 3.64. The summed E-state index contributed by atoms with van der Waals surface area (Å²) in [5.41, 5.74) is 0. The molecule has 94 valence electrons. The Labute approximate surface area is 104 Å². The Morgan fingerprint density at radius 2 is 2.06 bits per heavy atom. The summed E-state index contributed by atoms with van der Waals surface area (Å²) < 4.78 is 5.66. The van der Waals surface area contributed by atoms with E-state index in [1.54, 1.807) is 0 Å². The highest BCUT2D eigenvalue weighted by atomic mass is 16.5. The van der Waals surface area contributed by atoms with E-state index in [1.807, 2.05) is 30.3 Å². The predicted octanol–water partition coefficient (Wildman–Crippen LogP) is 3.23. The largest absolute Gasteiger partial charge is 0.494 e. The average Bonchev–Trinajstić information content (AvgIpc) is 2.76. The third-order valence-electron chi connectivity index (χ3n) is 3.60. The van der Waals surface area contributed by atoms with Crippen LogP contribution < -0.4 is 10.1 Å². The molecule has 17 heavy (non-hydrogen) atoms. The predicted molar refractivity (Wildman–Crippen MR) is 71.4 cm³/mol. The van der Waals surface area contributed by atoms with E-state index in [-0.39, 0.29) is 0 Å². The summed E-state index contributed by atoms with van der Waals surface area (Å²) in [7, 11) is 0. The van der Waals surface area contributed by atoms with Crippen LogP contribution in [0.25, 0.3) is 0 Å². The van der Waals surface area contributed by atoms with Gasteiger partial charge in [-0.1, -0.05) is 31.5 Å². The molecule has 2 rings (SSSR count). The second-order valence-electron chi connectivity index (χ2n) is 4.98. The summed E-state index contributed by atoms with van der Waals surface area (Å²) >= 11 is 0. The SMILES string of the molecule is CC1CCCC1NCCCOc1ccccc1. The molecule has 1 aromatic carbocycles. The number of rotatable bonds is 6. The van der Waals surface area contributed by atoms with Crippen molar-refractivity contribution in [2.75, 3.05) is 13.2 Å². The molecular weight excluding hydrogens is 210 g/mol. The maximum atomic E-state index is 5.66. The molecule has 2 atom stereocenters. The highest BCUT2D eigenvalue weighted by molar-refractivity contribution is 5.20. The van der Waals surface area contributed by atoms with Crippen LogP contribution in [0.5, 0.6) is 5.75 Å². The quantitative estimate of drug-likeness (QED) is 0.762. The molecule has 0 aromatic heterocycles. The summed E-state index contributed by atoms with van der Waals surface area (Å²) in [6.07, 6.45) is 5.20. The lowest BCUT2D eigenvalue weighted by molar-refractivity contribution is 0.301. The number of hydrogen-bond donors (Lipinski definition) is 1. The van der Waals surface area contributed by atoms with Crippen molar-refractivity contribution in [1.82, 2.24) is 5.32 Å². The van der Waals surface area contributed by atoms with E-state index in [0.717, 1.165) is 37.3 Å². The Hall–Kier alpha value is -1.02. The normalized spacial score (nSPS) is 23.8. The lowest BCUT2D eigenvalue weighted by Gasteiger charge is -2.17. The van der Waals surface area contributed by atoms with Crippen LogP contribution >= 0.6 is 0 Å². The van der Waals surface area contributed by atoms with Crippen LogP contribution in [0.4, 0.5) is 0 Å². The molecule has 1 fully saturated rings. The molecule has 0 bridgehead atoms. The fourth-order valence-corrected chi connectivity index (χ4v) is 2.52. The number of ether oxygens (including phenoxy) is 1. The third-order valence-corrected chi connectivity index (χ3v) is 3.60. The van der Waals surface area contributed by atoms with E-state index in [9.17, 15) is 0 Å². The van der Waals surface area contributed by atoms with Crippen LogP contribution in [-0.4, -0.2) is 19.2 Å².